The molecule has 8 aromatic carbocycles. The van der Waals surface area contributed by atoms with Crippen LogP contribution in [0, 0.1) is 0 Å². The average molecular weight is 663 g/mol. The van der Waals surface area contributed by atoms with Gasteiger partial charge in [-0.3, -0.25) is 0 Å². The summed E-state index contributed by atoms with van der Waals surface area (Å²) >= 11 is 0. The van der Waals surface area contributed by atoms with E-state index in [0.29, 0.717) is 0 Å². The third kappa shape index (κ3) is 5.04. The number of fused-ring (bicyclic) bond motifs is 5. The van der Waals surface area contributed by atoms with Gasteiger partial charge in [0, 0.05) is 33.7 Å². The molecule has 0 N–H and O–H groups in total. The van der Waals surface area contributed by atoms with Gasteiger partial charge in [-0.1, -0.05) is 146 Å². The molecule has 2 heteroatoms. The molecule has 0 atom stereocenters. The van der Waals surface area contributed by atoms with Crippen LogP contribution < -0.4 is 0 Å². The number of hydrogen-bond acceptors (Lipinski definition) is 0. The van der Waals surface area contributed by atoms with Crippen LogP contribution in [0.25, 0.3) is 88.6 Å². The van der Waals surface area contributed by atoms with Crippen LogP contribution in [0.2, 0.25) is 0 Å². The molecule has 0 bridgehead atoms. The van der Waals surface area contributed by atoms with E-state index in [1.165, 1.54) is 77.2 Å². The van der Waals surface area contributed by atoms with Gasteiger partial charge in [-0.05, 0) is 99.1 Å². The van der Waals surface area contributed by atoms with E-state index in [1.54, 1.807) is 0 Å². The minimum atomic E-state index is 1.14. The van der Waals surface area contributed by atoms with Crippen molar-refractivity contribution >= 4 is 32.7 Å². The fourth-order valence-electron chi connectivity index (χ4n) is 7.87. The Balaban J connectivity index is 1.18. The van der Waals surface area contributed by atoms with Gasteiger partial charge in [0.15, 0.2) is 0 Å². The third-order valence-corrected chi connectivity index (χ3v) is 10.4. The molecule has 0 fully saturated rings. The fraction of sp³-hybridized carbons (Fsp3) is 0. The molecule has 10 rings (SSSR count). The first kappa shape index (κ1) is 30.0. The number of hydrogen-bond donors (Lipinski definition) is 0. The zero-order chi connectivity index (χ0) is 34.4. The Kier molecular flexibility index (Phi) is 7.18. The molecule has 2 nitrogen and oxygen atoms in total. The molecule has 0 aliphatic heterocycles. The van der Waals surface area contributed by atoms with Crippen LogP contribution in [-0.2, 0) is 0 Å². The summed E-state index contributed by atoms with van der Waals surface area (Å²) in [6.07, 6.45) is 2.21. The smallest absolute Gasteiger partial charge is 0.0635 e. The van der Waals surface area contributed by atoms with Crippen LogP contribution in [-0.4, -0.2) is 9.13 Å². The monoisotopic (exact) mass is 662 g/mol. The summed E-state index contributed by atoms with van der Waals surface area (Å²) in [7, 11) is 0. The van der Waals surface area contributed by atoms with E-state index in [9.17, 15) is 0 Å². The van der Waals surface area contributed by atoms with Crippen molar-refractivity contribution in [2.24, 2.45) is 0 Å². The van der Waals surface area contributed by atoms with Gasteiger partial charge in [-0.15, -0.1) is 0 Å². The molecule has 0 amide bonds. The highest BCUT2D eigenvalue weighted by Gasteiger charge is 2.19. The van der Waals surface area contributed by atoms with Crippen LogP contribution in [0.15, 0.2) is 206 Å². The zero-order valence-corrected chi connectivity index (χ0v) is 28.5. The predicted molar refractivity (Wildman–Crippen MR) is 219 cm³/mol. The summed E-state index contributed by atoms with van der Waals surface area (Å²) in [6, 6.07) is 72.4. The molecule has 2 heterocycles. The standard InChI is InChI=1S/C50H34N2/c1-5-13-35(14-6-1)37-21-25-41(26-22-37)51-32-31-45-48(51)30-28-44-47-34-40(24-29-49(47)52(50(44)45)42-19-11-4-12-20-42)46-33-39(36-15-7-2-8-16-36)23-27-43(46)38-17-9-3-10-18-38/h1-34H. The summed E-state index contributed by atoms with van der Waals surface area (Å²) in [5.74, 6) is 0. The highest BCUT2D eigenvalue weighted by molar-refractivity contribution is 6.19. The van der Waals surface area contributed by atoms with E-state index in [4.69, 9.17) is 0 Å². The maximum absolute atomic E-state index is 2.44. The number of nitrogens with zero attached hydrogens (tertiary/aromatic N) is 2. The minimum Gasteiger partial charge on any atom is -0.316 e. The van der Waals surface area contributed by atoms with Gasteiger partial charge in [0.25, 0.3) is 0 Å². The van der Waals surface area contributed by atoms with Crippen molar-refractivity contribution in [3.63, 3.8) is 0 Å². The molecule has 0 spiro atoms. The van der Waals surface area contributed by atoms with Crippen LogP contribution in [0.1, 0.15) is 0 Å². The Morgan fingerprint density at radius 3 is 1.54 bits per heavy atom. The van der Waals surface area contributed by atoms with E-state index in [2.05, 4.69) is 216 Å². The third-order valence-electron chi connectivity index (χ3n) is 10.4. The lowest BCUT2D eigenvalue weighted by molar-refractivity contribution is 1.13. The second kappa shape index (κ2) is 12.5. The molecule has 10 aromatic rings. The largest absolute Gasteiger partial charge is 0.316 e. The summed E-state index contributed by atoms with van der Waals surface area (Å²) < 4.78 is 4.75. The van der Waals surface area contributed by atoms with Gasteiger partial charge in [-0.25, -0.2) is 0 Å². The van der Waals surface area contributed by atoms with E-state index in [1.807, 2.05) is 0 Å². The molecular formula is C50H34N2. The Morgan fingerprint density at radius 2 is 0.846 bits per heavy atom. The lowest BCUT2D eigenvalue weighted by Gasteiger charge is -2.14. The van der Waals surface area contributed by atoms with Gasteiger partial charge >= 0.3 is 0 Å². The van der Waals surface area contributed by atoms with Crippen LogP contribution in [0.4, 0.5) is 0 Å². The summed E-state index contributed by atoms with van der Waals surface area (Å²) in [5, 5.41) is 3.70. The first-order valence-corrected chi connectivity index (χ1v) is 17.8. The molecule has 0 radical (unpaired) electrons. The maximum Gasteiger partial charge on any atom is 0.0635 e. The number of rotatable bonds is 6. The lowest BCUT2D eigenvalue weighted by Crippen LogP contribution is -1.95. The van der Waals surface area contributed by atoms with Gasteiger partial charge in [0.05, 0.1) is 16.6 Å². The molecule has 52 heavy (non-hydrogen) atoms. The molecule has 244 valence electrons. The van der Waals surface area contributed by atoms with Gasteiger partial charge in [0.2, 0.25) is 0 Å². The van der Waals surface area contributed by atoms with E-state index < -0.39 is 0 Å². The van der Waals surface area contributed by atoms with E-state index in [-0.39, 0.29) is 0 Å². The Labute approximate surface area is 303 Å². The molecular weight excluding hydrogens is 629 g/mol. The number of benzene rings is 8. The molecule has 2 aromatic heterocycles. The van der Waals surface area contributed by atoms with Crippen LogP contribution in [0.5, 0.6) is 0 Å². The second-order valence-electron chi connectivity index (χ2n) is 13.4. The highest BCUT2D eigenvalue weighted by Crippen LogP contribution is 2.42. The van der Waals surface area contributed by atoms with Gasteiger partial charge in [0.1, 0.15) is 0 Å². The van der Waals surface area contributed by atoms with Crippen molar-refractivity contribution in [2.45, 2.75) is 0 Å². The first-order chi connectivity index (χ1) is 25.8. The maximum atomic E-state index is 2.44. The summed E-state index contributed by atoms with van der Waals surface area (Å²) in [5.41, 5.74) is 15.6. The van der Waals surface area contributed by atoms with Gasteiger partial charge in [-0.2, -0.15) is 0 Å². The zero-order valence-electron chi connectivity index (χ0n) is 28.5. The molecule has 0 aliphatic rings. The van der Waals surface area contributed by atoms with Crippen molar-refractivity contribution in [1.29, 1.82) is 0 Å². The van der Waals surface area contributed by atoms with E-state index >= 15 is 0 Å². The fourth-order valence-corrected chi connectivity index (χ4v) is 7.87. The number of para-hydroxylation sites is 1. The van der Waals surface area contributed by atoms with Crippen LogP contribution in [0.3, 0.4) is 0 Å². The van der Waals surface area contributed by atoms with Crippen molar-refractivity contribution in [1.82, 2.24) is 9.13 Å². The second-order valence-corrected chi connectivity index (χ2v) is 13.4. The topological polar surface area (TPSA) is 9.86 Å². The predicted octanol–water partition coefficient (Wildman–Crippen LogP) is 13.4. The van der Waals surface area contributed by atoms with Crippen LogP contribution >= 0.6 is 0 Å². The van der Waals surface area contributed by atoms with E-state index in [0.717, 1.165) is 11.4 Å². The quantitative estimate of drug-likeness (QED) is 0.168. The first-order valence-electron chi connectivity index (χ1n) is 17.8. The Morgan fingerprint density at radius 1 is 0.288 bits per heavy atom. The highest BCUT2D eigenvalue weighted by atomic mass is 15.0. The molecule has 0 saturated heterocycles. The number of aromatic nitrogens is 2. The van der Waals surface area contributed by atoms with Crippen molar-refractivity contribution in [3.05, 3.63) is 206 Å². The Bertz CT molecular complexity index is 2850. The van der Waals surface area contributed by atoms with Crippen molar-refractivity contribution in [3.8, 4) is 55.9 Å². The van der Waals surface area contributed by atoms with Crippen molar-refractivity contribution < 1.29 is 0 Å². The normalized spacial score (nSPS) is 11.5. The Hall–Kier alpha value is -6.90. The van der Waals surface area contributed by atoms with Gasteiger partial charge < -0.3 is 9.13 Å². The summed E-state index contributed by atoms with van der Waals surface area (Å²) in [4.78, 5) is 0. The lowest BCUT2D eigenvalue weighted by atomic mass is 9.90. The SMILES string of the molecule is c1ccc(-c2ccc(-n3ccc4c3ccc3c5cc(-c6cc(-c7ccccc7)ccc6-c6ccccc6)ccc5n(-c5ccccc5)c34)cc2)cc1. The summed E-state index contributed by atoms with van der Waals surface area (Å²) in [6.45, 7) is 0. The average Bonchev–Trinajstić information content (AvgIpc) is 3.81. The van der Waals surface area contributed by atoms with Crippen molar-refractivity contribution in [2.75, 3.05) is 0 Å². The molecule has 0 saturated carbocycles. The molecule has 0 aliphatic carbocycles. The minimum absolute atomic E-state index is 1.14. The molecule has 0 unspecified atom stereocenters.